The molecule has 234 valence electrons. The van der Waals surface area contributed by atoms with E-state index in [0.29, 0.717) is 0 Å². The summed E-state index contributed by atoms with van der Waals surface area (Å²) in [5, 5.41) is 2.34. The largest absolute Gasteiger partial charge is 0.293 e. The first-order valence-electron chi connectivity index (χ1n) is 16.7. The van der Waals surface area contributed by atoms with Crippen LogP contribution < -0.4 is 21.3 Å². The number of fused-ring (bicyclic) bond motifs is 1. The number of nitrogens with zero attached hydrogens (tertiary/aromatic N) is 3. The highest BCUT2D eigenvalue weighted by Gasteiger charge is 2.29. The van der Waals surface area contributed by atoms with Crippen molar-refractivity contribution in [3.63, 3.8) is 0 Å². The maximum Gasteiger partial charge on any atom is 0.242 e. The minimum Gasteiger partial charge on any atom is -0.293 e. The van der Waals surface area contributed by atoms with Gasteiger partial charge < -0.3 is 0 Å². The van der Waals surface area contributed by atoms with E-state index in [0.717, 1.165) is 33.8 Å². The maximum absolute atomic E-state index is 5.18. The van der Waals surface area contributed by atoms with Gasteiger partial charge in [-0.05, 0) is 65.1 Å². The Balaban J connectivity index is 1.42. The zero-order valence-electron chi connectivity index (χ0n) is 28.6. The lowest BCUT2D eigenvalue weighted by atomic mass is 9.34. The van der Waals surface area contributed by atoms with Crippen LogP contribution in [0, 0.1) is 41.5 Å². The highest BCUT2D eigenvalue weighted by molar-refractivity contribution is 6.96. The third-order valence-electron chi connectivity index (χ3n) is 9.47. The molecule has 0 unspecified atom stereocenters. The number of hydrogen-bond acceptors (Lipinski definition) is 3. The van der Waals surface area contributed by atoms with Crippen molar-refractivity contribution >= 4 is 51.1 Å². The Morgan fingerprint density at radius 2 is 1.10 bits per heavy atom. The SMILES string of the molecule is Cc1cc(C)c(B(c2ccc(N(c3cncc(-c4ccccc4)n3)c3cccc4ccccc34)cc2)c2c(C)cc(C)cc2C)c(C)c1. The third-order valence-corrected chi connectivity index (χ3v) is 9.47. The van der Waals surface area contributed by atoms with Gasteiger partial charge in [-0.3, -0.25) is 9.88 Å². The molecule has 0 bridgehead atoms. The molecule has 0 amide bonds. The van der Waals surface area contributed by atoms with E-state index < -0.39 is 0 Å². The summed E-state index contributed by atoms with van der Waals surface area (Å²) in [4.78, 5) is 12.1. The van der Waals surface area contributed by atoms with Crippen LogP contribution >= 0.6 is 0 Å². The van der Waals surface area contributed by atoms with Crippen LogP contribution in [0.15, 0.2) is 134 Å². The van der Waals surface area contributed by atoms with E-state index in [9.17, 15) is 0 Å². The van der Waals surface area contributed by atoms with Crippen molar-refractivity contribution in [3.05, 3.63) is 167 Å². The molecule has 6 aromatic carbocycles. The maximum atomic E-state index is 5.18. The van der Waals surface area contributed by atoms with Gasteiger partial charge in [0.05, 0.1) is 23.8 Å². The highest BCUT2D eigenvalue weighted by atomic mass is 15.2. The molecule has 0 atom stereocenters. The van der Waals surface area contributed by atoms with Crippen molar-refractivity contribution in [1.82, 2.24) is 9.97 Å². The lowest BCUT2D eigenvalue weighted by Gasteiger charge is -2.27. The molecule has 0 aliphatic rings. The summed E-state index contributed by atoms with van der Waals surface area (Å²) in [5.74, 6) is 0.771. The van der Waals surface area contributed by atoms with E-state index in [2.05, 4.69) is 155 Å². The van der Waals surface area contributed by atoms with E-state index in [1.54, 1.807) is 0 Å². The molecule has 3 nitrogen and oxygen atoms in total. The number of aromatic nitrogens is 2. The van der Waals surface area contributed by atoms with Crippen molar-refractivity contribution < 1.29 is 0 Å². The van der Waals surface area contributed by atoms with Crippen molar-refractivity contribution in [3.8, 4) is 11.3 Å². The molecule has 0 saturated carbocycles. The first-order valence-corrected chi connectivity index (χ1v) is 16.7. The van der Waals surface area contributed by atoms with Gasteiger partial charge >= 0.3 is 0 Å². The van der Waals surface area contributed by atoms with Crippen LogP contribution in [0.4, 0.5) is 17.2 Å². The fourth-order valence-corrected chi connectivity index (χ4v) is 7.60. The first-order chi connectivity index (χ1) is 23.3. The molecule has 0 spiro atoms. The van der Waals surface area contributed by atoms with Crippen LogP contribution in [0.5, 0.6) is 0 Å². The summed E-state index contributed by atoms with van der Waals surface area (Å²) in [6.07, 6.45) is 3.70. The topological polar surface area (TPSA) is 29.0 Å². The number of hydrogen-bond donors (Lipinski definition) is 0. The van der Waals surface area contributed by atoms with Crippen molar-refractivity contribution in [2.75, 3.05) is 4.90 Å². The van der Waals surface area contributed by atoms with Crippen molar-refractivity contribution in [2.24, 2.45) is 0 Å². The van der Waals surface area contributed by atoms with Crippen LogP contribution in [0.1, 0.15) is 33.4 Å². The fourth-order valence-electron chi connectivity index (χ4n) is 7.60. The molecule has 7 rings (SSSR count). The summed E-state index contributed by atoms with van der Waals surface area (Å²) in [6, 6.07) is 43.7. The van der Waals surface area contributed by atoms with Gasteiger partial charge in [-0.1, -0.05) is 153 Å². The van der Waals surface area contributed by atoms with Gasteiger partial charge in [0.2, 0.25) is 6.71 Å². The molecule has 1 heterocycles. The molecule has 48 heavy (non-hydrogen) atoms. The summed E-state index contributed by atoms with van der Waals surface area (Å²) >= 11 is 0. The number of anilines is 3. The average Bonchev–Trinajstić information content (AvgIpc) is 3.08. The third kappa shape index (κ3) is 5.91. The van der Waals surface area contributed by atoms with E-state index in [1.165, 1.54) is 55.2 Å². The molecule has 1 aromatic heterocycles. The van der Waals surface area contributed by atoms with E-state index in [4.69, 9.17) is 4.98 Å². The fraction of sp³-hybridized carbons (Fsp3) is 0.136. The summed E-state index contributed by atoms with van der Waals surface area (Å²) in [7, 11) is 0. The second kappa shape index (κ2) is 13.0. The molecule has 0 aliphatic carbocycles. The zero-order valence-corrected chi connectivity index (χ0v) is 28.6. The van der Waals surface area contributed by atoms with Crippen molar-refractivity contribution in [2.45, 2.75) is 41.5 Å². The summed E-state index contributed by atoms with van der Waals surface area (Å²) < 4.78 is 0. The summed E-state index contributed by atoms with van der Waals surface area (Å²) in [5.41, 5.74) is 15.9. The highest BCUT2D eigenvalue weighted by Crippen LogP contribution is 2.38. The molecular formula is C44H40BN3. The van der Waals surface area contributed by atoms with Crippen LogP contribution in [0.3, 0.4) is 0 Å². The molecule has 0 aliphatic heterocycles. The average molecular weight is 622 g/mol. The second-order valence-corrected chi connectivity index (χ2v) is 13.1. The standard InChI is InChI=1S/C44H40BN3/c1-29-23-31(3)43(32(4)24-29)45(44-33(5)25-30(2)26-34(44)6)37-19-21-38(22-20-37)48(41-18-12-16-35-13-10-11-17-39(35)41)42-28-46-27-40(47-42)36-14-8-7-9-15-36/h7-28H,1-6H3. The molecule has 0 fully saturated rings. The number of rotatable bonds is 7. The van der Waals surface area contributed by atoms with Gasteiger partial charge in [-0.2, -0.15) is 0 Å². The molecule has 0 N–H and O–H groups in total. The van der Waals surface area contributed by atoms with E-state index in [1.807, 2.05) is 30.6 Å². The Morgan fingerprint density at radius 3 is 1.73 bits per heavy atom. The number of aryl methyl sites for hydroxylation is 6. The van der Waals surface area contributed by atoms with Crippen LogP contribution in [-0.2, 0) is 0 Å². The summed E-state index contributed by atoms with van der Waals surface area (Å²) in [6.45, 7) is 13.5. The minimum absolute atomic E-state index is 0.104. The van der Waals surface area contributed by atoms with E-state index in [-0.39, 0.29) is 6.71 Å². The Kier molecular flexibility index (Phi) is 8.41. The van der Waals surface area contributed by atoms with Crippen LogP contribution in [0.2, 0.25) is 0 Å². The Hall–Kier alpha value is -5.48. The van der Waals surface area contributed by atoms with Gasteiger partial charge in [0, 0.05) is 16.6 Å². The molecule has 7 aromatic rings. The normalized spacial score (nSPS) is 11.1. The molecular weight excluding hydrogens is 581 g/mol. The minimum atomic E-state index is 0.104. The zero-order chi connectivity index (χ0) is 33.4. The quantitative estimate of drug-likeness (QED) is 0.166. The molecule has 0 saturated heterocycles. The molecule has 4 heteroatoms. The van der Waals surface area contributed by atoms with Gasteiger partial charge in [-0.25, -0.2) is 4.98 Å². The van der Waals surface area contributed by atoms with Crippen LogP contribution in [0.25, 0.3) is 22.0 Å². The van der Waals surface area contributed by atoms with Gasteiger partial charge in [-0.15, -0.1) is 0 Å². The van der Waals surface area contributed by atoms with Gasteiger partial charge in [0.1, 0.15) is 0 Å². The Morgan fingerprint density at radius 1 is 0.542 bits per heavy atom. The lowest BCUT2D eigenvalue weighted by Crippen LogP contribution is -2.55. The number of benzene rings is 6. The lowest BCUT2D eigenvalue weighted by molar-refractivity contribution is 1.13. The smallest absolute Gasteiger partial charge is 0.242 e. The second-order valence-electron chi connectivity index (χ2n) is 13.1. The monoisotopic (exact) mass is 621 g/mol. The predicted octanol–water partition coefficient (Wildman–Crippen LogP) is 9.13. The van der Waals surface area contributed by atoms with Crippen molar-refractivity contribution in [1.29, 1.82) is 0 Å². The van der Waals surface area contributed by atoms with Gasteiger partial charge in [0.25, 0.3) is 0 Å². The predicted molar refractivity (Wildman–Crippen MR) is 206 cm³/mol. The van der Waals surface area contributed by atoms with Crippen LogP contribution in [-0.4, -0.2) is 16.7 Å². The first kappa shape index (κ1) is 31.1. The van der Waals surface area contributed by atoms with E-state index >= 15 is 0 Å². The Bertz CT molecular complexity index is 2150. The Labute approximate surface area is 285 Å². The molecule has 0 radical (unpaired) electrons. The van der Waals surface area contributed by atoms with Gasteiger partial charge in [0.15, 0.2) is 5.82 Å².